The molecule has 0 atom stereocenters. The van der Waals surface area contributed by atoms with E-state index in [0.29, 0.717) is 23.1 Å². The van der Waals surface area contributed by atoms with E-state index in [2.05, 4.69) is 4.99 Å². The minimum Gasteiger partial charge on any atom is -0.462 e. The first-order valence-electron chi connectivity index (χ1n) is 5.58. The first kappa shape index (κ1) is 12.2. The summed E-state index contributed by atoms with van der Waals surface area (Å²) in [6, 6.07) is 0. The monoisotopic (exact) mass is 254 g/mol. The maximum absolute atomic E-state index is 11.7. The zero-order valence-electron chi connectivity index (χ0n) is 9.86. The predicted molar refractivity (Wildman–Crippen MR) is 65.3 cm³/mol. The molecule has 0 bridgehead atoms. The number of aliphatic imine (C=N–C) groups is 1. The molecular weight excluding hydrogens is 240 g/mol. The number of esters is 1. The highest BCUT2D eigenvalue weighted by molar-refractivity contribution is 8.18. The van der Waals surface area contributed by atoms with Crippen molar-refractivity contribution in [2.45, 2.75) is 26.7 Å². The number of hydrogen-bond acceptors (Lipinski definition) is 5. The van der Waals surface area contributed by atoms with Gasteiger partial charge in [0.15, 0.2) is 5.17 Å². The highest BCUT2D eigenvalue weighted by Gasteiger charge is 2.33. The lowest BCUT2D eigenvalue weighted by Crippen LogP contribution is -2.23. The molecule has 0 spiro atoms. The van der Waals surface area contributed by atoms with Gasteiger partial charge in [0.2, 0.25) is 5.91 Å². The molecule has 0 aromatic carbocycles. The normalized spacial score (nSPS) is 20.0. The van der Waals surface area contributed by atoms with Crippen LogP contribution in [-0.2, 0) is 14.3 Å². The second-order valence-corrected chi connectivity index (χ2v) is 4.76. The van der Waals surface area contributed by atoms with Crippen LogP contribution in [0.2, 0.25) is 0 Å². The SMILES string of the molecule is CCOC(=O)C1=C(C)N2CCCC(=O)N=C2S1. The number of hydrogen-bond donors (Lipinski definition) is 0. The van der Waals surface area contributed by atoms with E-state index in [1.165, 1.54) is 11.8 Å². The number of thioether (sulfide) groups is 1. The largest absolute Gasteiger partial charge is 0.462 e. The molecule has 0 N–H and O–H groups in total. The molecule has 2 rings (SSSR count). The number of carbonyl (C=O) groups excluding carboxylic acids is 2. The van der Waals surface area contributed by atoms with Gasteiger partial charge in [-0.2, -0.15) is 4.99 Å². The van der Waals surface area contributed by atoms with E-state index in [0.717, 1.165) is 18.7 Å². The van der Waals surface area contributed by atoms with Gasteiger partial charge in [-0.25, -0.2) is 4.79 Å². The number of ether oxygens (including phenoxy) is 1. The Hall–Kier alpha value is -1.30. The topological polar surface area (TPSA) is 59.0 Å². The van der Waals surface area contributed by atoms with E-state index >= 15 is 0 Å². The Kier molecular flexibility index (Phi) is 3.51. The van der Waals surface area contributed by atoms with Gasteiger partial charge in [0.05, 0.1) is 6.61 Å². The summed E-state index contributed by atoms with van der Waals surface area (Å²) in [7, 11) is 0. The molecule has 5 nitrogen and oxygen atoms in total. The van der Waals surface area contributed by atoms with Gasteiger partial charge in [-0.3, -0.25) is 4.79 Å². The van der Waals surface area contributed by atoms with Crippen LogP contribution in [0.3, 0.4) is 0 Å². The summed E-state index contributed by atoms with van der Waals surface area (Å²) in [5.41, 5.74) is 0.835. The fourth-order valence-corrected chi connectivity index (χ4v) is 2.84. The number of amides is 1. The Bertz CT molecular complexity index is 428. The lowest BCUT2D eigenvalue weighted by molar-refractivity contribution is -0.137. The predicted octanol–water partition coefficient (Wildman–Crippen LogP) is 1.51. The minimum atomic E-state index is -0.335. The fourth-order valence-electron chi connectivity index (χ4n) is 1.77. The Labute approximate surface area is 104 Å². The number of rotatable bonds is 2. The number of carbonyl (C=O) groups is 2. The molecule has 0 saturated carbocycles. The van der Waals surface area contributed by atoms with E-state index in [4.69, 9.17) is 4.74 Å². The van der Waals surface area contributed by atoms with Crippen LogP contribution in [0.5, 0.6) is 0 Å². The molecule has 0 unspecified atom stereocenters. The Morgan fingerprint density at radius 1 is 1.59 bits per heavy atom. The third-order valence-electron chi connectivity index (χ3n) is 2.61. The van der Waals surface area contributed by atoms with Gasteiger partial charge in [0.25, 0.3) is 0 Å². The molecule has 17 heavy (non-hydrogen) atoms. The van der Waals surface area contributed by atoms with Crippen molar-refractivity contribution in [3.05, 3.63) is 10.6 Å². The average molecular weight is 254 g/mol. The van der Waals surface area contributed by atoms with Gasteiger partial charge in [0, 0.05) is 18.7 Å². The summed E-state index contributed by atoms with van der Waals surface area (Å²) in [5.74, 6) is -0.453. The lowest BCUT2D eigenvalue weighted by Gasteiger charge is -2.16. The average Bonchev–Trinajstić information content (AvgIpc) is 2.47. The third-order valence-corrected chi connectivity index (χ3v) is 3.77. The highest BCUT2D eigenvalue weighted by atomic mass is 32.2. The Balaban J connectivity index is 2.24. The molecule has 2 aliphatic rings. The van der Waals surface area contributed by atoms with Crippen LogP contribution < -0.4 is 0 Å². The number of nitrogens with zero attached hydrogens (tertiary/aromatic N) is 2. The summed E-state index contributed by atoms with van der Waals surface area (Å²) < 4.78 is 4.98. The summed E-state index contributed by atoms with van der Waals surface area (Å²) in [4.78, 5) is 29.5. The smallest absolute Gasteiger partial charge is 0.346 e. The molecule has 2 heterocycles. The van der Waals surface area contributed by atoms with Crippen LogP contribution in [0.15, 0.2) is 15.6 Å². The lowest BCUT2D eigenvalue weighted by atomic mass is 10.3. The van der Waals surface area contributed by atoms with Gasteiger partial charge in [0.1, 0.15) is 4.91 Å². The van der Waals surface area contributed by atoms with Crippen LogP contribution in [0.25, 0.3) is 0 Å². The number of fused-ring (bicyclic) bond motifs is 1. The van der Waals surface area contributed by atoms with Gasteiger partial charge in [-0.05, 0) is 32.0 Å². The molecule has 0 aromatic rings. The van der Waals surface area contributed by atoms with E-state index < -0.39 is 0 Å². The van der Waals surface area contributed by atoms with Crippen LogP contribution in [-0.4, -0.2) is 35.1 Å². The van der Waals surface area contributed by atoms with Crippen molar-refractivity contribution in [2.75, 3.05) is 13.2 Å². The summed E-state index contributed by atoms with van der Waals surface area (Å²) in [6.45, 7) is 4.71. The van der Waals surface area contributed by atoms with Gasteiger partial charge < -0.3 is 9.64 Å². The summed E-state index contributed by atoms with van der Waals surface area (Å²) in [5, 5.41) is 0.605. The van der Waals surface area contributed by atoms with Crippen LogP contribution in [0.4, 0.5) is 0 Å². The summed E-state index contributed by atoms with van der Waals surface area (Å²) in [6.07, 6.45) is 1.24. The minimum absolute atomic E-state index is 0.118. The molecule has 0 aliphatic carbocycles. The zero-order chi connectivity index (χ0) is 12.4. The van der Waals surface area contributed by atoms with E-state index in [-0.39, 0.29) is 11.9 Å². The van der Waals surface area contributed by atoms with Crippen molar-refractivity contribution in [3.8, 4) is 0 Å². The summed E-state index contributed by atoms with van der Waals surface area (Å²) >= 11 is 1.23. The zero-order valence-corrected chi connectivity index (χ0v) is 10.7. The first-order chi connectivity index (χ1) is 8.13. The Morgan fingerprint density at radius 2 is 2.35 bits per heavy atom. The van der Waals surface area contributed by atoms with E-state index in [9.17, 15) is 9.59 Å². The molecule has 0 fully saturated rings. The van der Waals surface area contributed by atoms with Crippen molar-refractivity contribution in [2.24, 2.45) is 4.99 Å². The standard InChI is InChI=1S/C11H14N2O3S/c1-3-16-10(15)9-7(2)13-6-4-5-8(14)12-11(13)17-9/h3-6H2,1-2H3. The van der Waals surface area contributed by atoms with E-state index in [1.807, 2.05) is 11.8 Å². The maximum Gasteiger partial charge on any atom is 0.346 e. The van der Waals surface area contributed by atoms with Crippen molar-refractivity contribution in [3.63, 3.8) is 0 Å². The van der Waals surface area contributed by atoms with Crippen LogP contribution in [0, 0.1) is 0 Å². The van der Waals surface area contributed by atoms with Crippen molar-refractivity contribution < 1.29 is 14.3 Å². The molecule has 0 aromatic heterocycles. The molecule has 0 radical (unpaired) electrons. The third kappa shape index (κ3) is 2.36. The molecule has 6 heteroatoms. The molecule has 0 saturated heterocycles. The fraction of sp³-hybridized carbons (Fsp3) is 0.545. The van der Waals surface area contributed by atoms with Crippen LogP contribution >= 0.6 is 11.8 Å². The Morgan fingerprint density at radius 3 is 3.06 bits per heavy atom. The maximum atomic E-state index is 11.7. The number of allylic oxidation sites excluding steroid dienone is 1. The molecule has 2 aliphatic heterocycles. The quantitative estimate of drug-likeness (QED) is 0.699. The van der Waals surface area contributed by atoms with E-state index in [1.54, 1.807) is 6.92 Å². The second-order valence-electron chi connectivity index (χ2n) is 3.78. The van der Waals surface area contributed by atoms with Gasteiger partial charge >= 0.3 is 5.97 Å². The second kappa shape index (κ2) is 4.91. The molecule has 92 valence electrons. The van der Waals surface area contributed by atoms with Crippen molar-refractivity contribution >= 4 is 28.8 Å². The van der Waals surface area contributed by atoms with Crippen LogP contribution in [0.1, 0.15) is 26.7 Å². The molecular formula is C11H14N2O3S. The van der Waals surface area contributed by atoms with Crippen molar-refractivity contribution in [1.29, 1.82) is 0 Å². The first-order valence-corrected chi connectivity index (χ1v) is 6.40. The number of amidine groups is 1. The highest BCUT2D eigenvalue weighted by Crippen LogP contribution is 2.36. The molecule has 1 amide bonds. The van der Waals surface area contributed by atoms with Crippen molar-refractivity contribution in [1.82, 2.24) is 4.90 Å². The van der Waals surface area contributed by atoms with Gasteiger partial charge in [-0.1, -0.05) is 0 Å². The van der Waals surface area contributed by atoms with Gasteiger partial charge in [-0.15, -0.1) is 0 Å².